The average Bonchev–Trinajstić information content (AvgIpc) is 2.99. The Bertz CT molecular complexity index is 874. The van der Waals surface area contributed by atoms with Crippen LogP contribution in [0.5, 0.6) is 0 Å². The van der Waals surface area contributed by atoms with Crippen LogP contribution < -0.4 is 5.32 Å². The van der Waals surface area contributed by atoms with Gasteiger partial charge in [-0.05, 0) is 43.1 Å². The van der Waals surface area contributed by atoms with Crippen molar-refractivity contribution in [1.82, 2.24) is 19.7 Å². The first-order valence-electron chi connectivity index (χ1n) is 7.57. The molecule has 0 saturated heterocycles. The summed E-state index contributed by atoms with van der Waals surface area (Å²) in [5.41, 5.74) is 0.564. The summed E-state index contributed by atoms with van der Waals surface area (Å²) in [7, 11) is 3.98. The second-order valence-electron chi connectivity index (χ2n) is 5.76. The third-order valence-electron chi connectivity index (χ3n) is 3.63. The van der Waals surface area contributed by atoms with Gasteiger partial charge in [-0.25, -0.2) is 9.67 Å². The molecule has 0 atom stereocenters. The third-order valence-corrected chi connectivity index (χ3v) is 3.86. The Balaban J connectivity index is 1.78. The third kappa shape index (κ3) is 3.72. The van der Waals surface area contributed by atoms with Gasteiger partial charge in [0.25, 0.3) is 5.91 Å². The molecule has 1 heterocycles. The zero-order valence-electron chi connectivity index (χ0n) is 13.5. The molecule has 0 radical (unpaired) electrons. The van der Waals surface area contributed by atoms with Gasteiger partial charge in [-0.1, -0.05) is 29.8 Å². The van der Waals surface area contributed by atoms with Crippen molar-refractivity contribution in [2.75, 3.05) is 26.0 Å². The quantitative estimate of drug-likeness (QED) is 0.773. The highest BCUT2D eigenvalue weighted by Crippen LogP contribution is 2.23. The molecule has 2 aromatic carbocycles. The maximum absolute atomic E-state index is 12.5. The van der Waals surface area contributed by atoms with Crippen molar-refractivity contribution in [3.63, 3.8) is 0 Å². The second-order valence-corrected chi connectivity index (χ2v) is 6.20. The van der Waals surface area contributed by atoms with Crippen LogP contribution in [0.1, 0.15) is 10.4 Å². The topological polar surface area (TPSA) is 63.1 Å². The predicted octanol–water partition coefficient (Wildman–Crippen LogP) is 2.90. The summed E-state index contributed by atoms with van der Waals surface area (Å²) in [5.74, 6) is 0.0537. The number of hydrogen-bond donors (Lipinski definition) is 1. The number of rotatable bonds is 5. The number of carbonyl (C=O) groups excluding carboxylic acids is 1. The largest absolute Gasteiger partial charge is 0.308 e. The summed E-state index contributed by atoms with van der Waals surface area (Å²) in [6.45, 7) is 1.56. The zero-order valence-corrected chi connectivity index (χ0v) is 14.3. The Morgan fingerprint density at radius 2 is 2.12 bits per heavy atom. The summed E-state index contributed by atoms with van der Waals surface area (Å²) < 4.78 is 1.71. The number of hydrogen-bond acceptors (Lipinski definition) is 4. The molecule has 24 heavy (non-hydrogen) atoms. The normalized spacial score (nSPS) is 11.2. The maximum atomic E-state index is 12.5. The van der Waals surface area contributed by atoms with E-state index < -0.39 is 0 Å². The van der Waals surface area contributed by atoms with Gasteiger partial charge in [-0.2, -0.15) is 0 Å². The molecule has 0 aliphatic rings. The number of anilines is 1. The van der Waals surface area contributed by atoms with Gasteiger partial charge < -0.3 is 4.90 Å². The molecule has 0 bridgehead atoms. The molecular weight excluding hydrogens is 326 g/mol. The molecule has 0 aliphatic carbocycles. The first-order chi connectivity index (χ1) is 11.5. The van der Waals surface area contributed by atoms with E-state index in [-0.39, 0.29) is 5.91 Å². The highest BCUT2D eigenvalue weighted by atomic mass is 35.5. The molecule has 0 saturated carbocycles. The molecule has 124 valence electrons. The number of amides is 1. The number of fused-ring (bicyclic) bond motifs is 1. The van der Waals surface area contributed by atoms with E-state index in [2.05, 4.69) is 20.3 Å². The maximum Gasteiger partial charge on any atom is 0.258 e. The van der Waals surface area contributed by atoms with Crippen LogP contribution >= 0.6 is 11.6 Å². The minimum Gasteiger partial charge on any atom is -0.308 e. The predicted molar refractivity (Wildman–Crippen MR) is 95.5 cm³/mol. The van der Waals surface area contributed by atoms with Gasteiger partial charge in [0.05, 0.1) is 6.54 Å². The molecule has 1 aromatic heterocycles. The fourth-order valence-corrected chi connectivity index (χ4v) is 2.56. The number of nitrogens with zero attached hydrogens (tertiary/aromatic N) is 4. The molecule has 1 amide bonds. The lowest BCUT2D eigenvalue weighted by Crippen LogP contribution is -2.19. The van der Waals surface area contributed by atoms with Gasteiger partial charge in [-0.15, -0.1) is 5.10 Å². The van der Waals surface area contributed by atoms with Crippen molar-refractivity contribution in [1.29, 1.82) is 0 Å². The van der Waals surface area contributed by atoms with E-state index in [4.69, 9.17) is 11.6 Å². The van der Waals surface area contributed by atoms with E-state index in [0.29, 0.717) is 23.1 Å². The van der Waals surface area contributed by atoms with Crippen LogP contribution in [0.25, 0.3) is 10.8 Å². The molecule has 1 N–H and O–H groups in total. The van der Waals surface area contributed by atoms with E-state index in [1.807, 2.05) is 38.4 Å². The molecule has 0 aliphatic heterocycles. The Hall–Kier alpha value is -2.44. The van der Waals surface area contributed by atoms with Crippen LogP contribution in [0.3, 0.4) is 0 Å². The van der Waals surface area contributed by atoms with Crippen LogP contribution in [0, 0.1) is 0 Å². The second kappa shape index (κ2) is 6.98. The van der Waals surface area contributed by atoms with Gasteiger partial charge in [-0.3, -0.25) is 10.1 Å². The van der Waals surface area contributed by atoms with E-state index in [9.17, 15) is 4.79 Å². The van der Waals surface area contributed by atoms with Gasteiger partial charge in [0, 0.05) is 17.1 Å². The van der Waals surface area contributed by atoms with Crippen LogP contribution in [0.4, 0.5) is 5.95 Å². The van der Waals surface area contributed by atoms with Crippen molar-refractivity contribution in [3.8, 4) is 0 Å². The lowest BCUT2D eigenvalue weighted by molar-refractivity contribution is 0.102. The minimum absolute atomic E-state index is 0.242. The van der Waals surface area contributed by atoms with Crippen molar-refractivity contribution < 1.29 is 4.79 Å². The van der Waals surface area contributed by atoms with E-state index in [1.165, 1.54) is 0 Å². The Morgan fingerprint density at radius 3 is 2.92 bits per heavy atom. The molecule has 0 unspecified atom stereocenters. The molecule has 6 nitrogen and oxygen atoms in total. The summed E-state index contributed by atoms with van der Waals surface area (Å²) in [6, 6.07) is 11.0. The van der Waals surface area contributed by atoms with Crippen LogP contribution in [-0.2, 0) is 6.54 Å². The smallest absolute Gasteiger partial charge is 0.258 e. The lowest BCUT2D eigenvalue weighted by Gasteiger charge is -2.08. The summed E-state index contributed by atoms with van der Waals surface area (Å²) in [6.07, 6.45) is 1.61. The molecule has 0 fully saturated rings. The van der Waals surface area contributed by atoms with Crippen molar-refractivity contribution in [2.45, 2.75) is 6.54 Å². The minimum atomic E-state index is -0.242. The van der Waals surface area contributed by atoms with Gasteiger partial charge in [0.2, 0.25) is 5.95 Å². The molecule has 0 spiro atoms. The standard InChI is InChI=1S/C17H18ClN5O/c1-22(2)8-9-23-11-19-17(21-23)20-16(24)15-5-3-4-12-10-13(18)6-7-14(12)15/h3-7,10-11H,8-9H2,1-2H3,(H,20,21,24). The number of likely N-dealkylation sites (N-methyl/N-ethyl adjacent to an activating group) is 1. The summed E-state index contributed by atoms with van der Waals surface area (Å²) >= 11 is 6.01. The van der Waals surface area contributed by atoms with E-state index in [1.54, 1.807) is 23.1 Å². The Morgan fingerprint density at radius 1 is 1.29 bits per heavy atom. The highest BCUT2D eigenvalue weighted by Gasteiger charge is 2.12. The lowest BCUT2D eigenvalue weighted by atomic mass is 10.0. The number of carbonyl (C=O) groups is 1. The Kier molecular flexibility index (Phi) is 4.78. The SMILES string of the molecule is CN(C)CCn1cnc(NC(=O)c2cccc3cc(Cl)ccc23)n1. The number of aromatic nitrogens is 3. The first kappa shape index (κ1) is 16.4. The first-order valence-corrected chi connectivity index (χ1v) is 7.94. The molecule has 3 rings (SSSR count). The fourth-order valence-electron chi connectivity index (χ4n) is 2.38. The van der Waals surface area contributed by atoms with Gasteiger partial charge in [0.15, 0.2) is 0 Å². The molecule has 3 aromatic rings. The van der Waals surface area contributed by atoms with Crippen molar-refractivity contribution in [2.24, 2.45) is 0 Å². The summed E-state index contributed by atoms with van der Waals surface area (Å²) in [5, 5.41) is 9.41. The van der Waals surface area contributed by atoms with Crippen LogP contribution in [-0.4, -0.2) is 46.2 Å². The van der Waals surface area contributed by atoms with Crippen molar-refractivity contribution in [3.05, 3.63) is 53.3 Å². The van der Waals surface area contributed by atoms with E-state index in [0.717, 1.165) is 17.3 Å². The molecular formula is C17H18ClN5O. The summed E-state index contributed by atoms with van der Waals surface area (Å²) in [4.78, 5) is 18.7. The van der Waals surface area contributed by atoms with E-state index >= 15 is 0 Å². The number of halogens is 1. The highest BCUT2D eigenvalue weighted by molar-refractivity contribution is 6.31. The van der Waals surface area contributed by atoms with Crippen LogP contribution in [0.15, 0.2) is 42.7 Å². The van der Waals surface area contributed by atoms with Crippen LogP contribution in [0.2, 0.25) is 5.02 Å². The average molecular weight is 344 g/mol. The van der Waals surface area contributed by atoms with Crippen molar-refractivity contribution >= 4 is 34.2 Å². The van der Waals surface area contributed by atoms with Gasteiger partial charge in [0.1, 0.15) is 6.33 Å². The Labute approximate surface area is 145 Å². The fraction of sp³-hybridized carbons (Fsp3) is 0.235. The zero-order chi connectivity index (χ0) is 17.1. The molecule has 7 heteroatoms. The monoisotopic (exact) mass is 343 g/mol. The number of nitrogens with one attached hydrogen (secondary N) is 1. The number of benzene rings is 2. The van der Waals surface area contributed by atoms with Gasteiger partial charge >= 0.3 is 0 Å².